The van der Waals surface area contributed by atoms with Gasteiger partial charge in [0.2, 0.25) is 17.6 Å². The number of carbonyl (C=O) groups excluding carboxylic acids is 1. The summed E-state index contributed by atoms with van der Waals surface area (Å²) in [6, 6.07) is 7.20. The Bertz CT molecular complexity index is 581. The molecule has 0 unspecified atom stereocenters. The maximum atomic E-state index is 11.6. The van der Waals surface area contributed by atoms with Crippen LogP contribution in [-0.4, -0.2) is 22.6 Å². The summed E-state index contributed by atoms with van der Waals surface area (Å²) in [4.78, 5) is 15.9. The highest BCUT2D eigenvalue weighted by Crippen LogP contribution is 2.18. The first-order chi connectivity index (χ1) is 10.2. The van der Waals surface area contributed by atoms with Gasteiger partial charge in [-0.3, -0.25) is 4.79 Å². The van der Waals surface area contributed by atoms with Gasteiger partial charge >= 0.3 is 0 Å². The average Bonchev–Trinajstić information content (AvgIpc) is 2.95. The van der Waals surface area contributed by atoms with E-state index >= 15 is 0 Å². The normalized spacial score (nSPS) is 10.6. The van der Waals surface area contributed by atoms with Crippen LogP contribution in [0.4, 0.5) is 0 Å². The first-order valence-electron chi connectivity index (χ1n) is 7.04. The van der Waals surface area contributed by atoms with Crippen LogP contribution in [0.5, 0.6) is 0 Å². The number of aryl methyl sites for hydroxylation is 1. The quantitative estimate of drug-likeness (QED) is 0.797. The fraction of sp³-hybridized carbons (Fsp3) is 0.400. The molecule has 1 amide bonds. The molecule has 0 aliphatic carbocycles. The molecule has 1 aromatic heterocycles. The van der Waals surface area contributed by atoms with Gasteiger partial charge in [0.25, 0.3) is 0 Å². The molecule has 0 saturated carbocycles. The van der Waals surface area contributed by atoms with Crippen LogP contribution in [-0.2, 0) is 11.2 Å². The molecule has 0 atom stereocenters. The average molecular weight is 308 g/mol. The van der Waals surface area contributed by atoms with Crippen LogP contribution in [0.2, 0.25) is 5.02 Å². The second-order valence-electron chi connectivity index (χ2n) is 4.72. The van der Waals surface area contributed by atoms with Crippen LogP contribution in [0.15, 0.2) is 28.8 Å². The summed E-state index contributed by atoms with van der Waals surface area (Å²) in [5.74, 6) is 0.980. The van der Waals surface area contributed by atoms with Gasteiger partial charge in [-0.05, 0) is 30.7 Å². The second-order valence-corrected chi connectivity index (χ2v) is 5.16. The molecule has 1 heterocycles. The molecule has 0 fully saturated rings. The van der Waals surface area contributed by atoms with Crippen molar-refractivity contribution in [3.63, 3.8) is 0 Å². The number of carbonyl (C=O) groups is 1. The minimum atomic E-state index is 0.00897. The van der Waals surface area contributed by atoms with E-state index in [1.54, 1.807) is 12.1 Å². The zero-order valence-corrected chi connectivity index (χ0v) is 12.7. The minimum Gasteiger partial charge on any atom is -0.356 e. The number of hydrogen-bond donors (Lipinski definition) is 1. The topological polar surface area (TPSA) is 68.0 Å². The van der Waals surface area contributed by atoms with Gasteiger partial charge in [-0.25, -0.2) is 0 Å². The highest BCUT2D eigenvalue weighted by molar-refractivity contribution is 6.30. The van der Waals surface area contributed by atoms with E-state index < -0.39 is 0 Å². The van der Waals surface area contributed by atoms with Gasteiger partial charge in [-0.15, -0.1) is 0 Å². The van der Waals surface area contributed by atoms with Crippen LogP contribution in [0, 0.1) is 0 Å². The van der Waals surface area contributed by atoms with Crippen molar-refractivity contribution in [1.82, 2.24) is 15.5 Å². The lowest BCUT2D eigenvalue weighted by Gasteiger charge is -2.01. The third kappa shape index (κ3) is 4.86. The highest BCUT2D eigenvalue weighted by atomic mass is 35.5. The molecule has 112 valence electrons. The molecule has 2 aromatic rings. The zero-order valence-electron chi connectivity index (χ0n) is 11.9. The number of rotatable bonds is 7. The Balaban J connectivity index is 1.86. The van der Waals surface area contributed by atoms with E-state index in [2.05, 4.69) is 22.4 Å². The Morgan fingerprint density at radius 3 is 2.81 bits per heavy atom. The van der Waals surface area contributed by atoms with Crippen LogP contribution < -0.4 is 5.32 Å². The number of amides is 1. The summed E-state index contributed by atoms with van der Waals surface area (Å²) >= 11 is 5.83. The van der Waals surface area contributed by atoms with Gasteiger partial charge < -0.3 is 9.84 Å². The molecule has 21 heavy (non-hydrogen) atoms. The number of aromatic nitrogens is 2. The first-order valence-corrected chi connectivity index (χ1v) is 7.42. The van der Waals surface area contributed by atoms with Crippen molar-refractivity contribution < 1.29 is 9.32 Å². The van der Waals surface area contributed by atoms with Crippen molar-refractivity contribution in [3.8, 4) is 11.4 Å². The molecule has 0 spiro atoms. The monoisotopic (exact) mass is 307 g/mol. The molecule has 0 aliphatic heterocycles. The Morgan fingerprint density at radius 1 is 1.33 bits per heavy atom. The standard InChI is InChI=1S/C15H18ClN3O2/c1-2-3-10-17-13(20)8-9-14-18-15(19-21-14)11-4-6-12(16)7-5-11/h4-7H,2-3,8-10H2,1H3,(H,17,20). The fourth-order valence-corrected chi connectivity index (χ4v) is 1.91. The van der Waals surface area contributed by atoms with Gasteiger partial charge in [0.15, 0.2) is 0 Å². The molecule has 1 aromatic carbocycles. The van der Waals surface area contributed by atoms with E-state index in [9.17, 15) is 4.79 Å². The largest absolute Gasteiger partial charge is 0.356 e. The molecule has 5 nitrogen and oxygen atoms in total. The van der Waals surface area contributed by atoms with Crippen LogP contribution in [0.1, 0.15) is 32.1 Å². The maximum absolute atomic E-state index is 11.6. The maximum Gasteiger partial charge on any atom is 0.227 e. The fourth-order valence-electron chi connectivity index (χ4n) is 1.79. The van der Waals surface area contributed by atoms with E-state index in [0.29, 0.717) is 29.6 Å². The first kappa shape index (κ1) is 15.5. The Kier molecular flexibility index (Phi) is 5.75. The Labute approximate surface area is 128 Å². The number of halogens is 1. The molecular formula is C15H18ClN3O2. The molecule has 0 aliphatic rings. The lowest BCUT2D eigenvalue weighted by molar-refractivity contribution is -0.121. The number of unbranched alkanes of at least 4 members (excludes halogenated alkanes) is 1. The third-order valence-electron chi connectivity index (χ3n) is 2.99. The summed E-state index contributed by atoms with van der Waals surface area (Å²) < 4.78 is 5.15. The minimum absolute atomic E-state index is 0.00897. The molecular weight excluding hydrogens is 290 g/mol. The SMILES string of the molecule is CCCCNC(=O)CCc1nc(-c2ccc(Cl)cc2)no1. The van der Waals surface area contributed by atoms with Gasteiger partial charge in [-0.2, -0.15) is 4.98 Å². The molecule has 0 radical (unpaired) electrons. The molecule has 0 bridgehead atoms. The van der Waals surface area contributed by atoms with Crippen LogP contribution in [0.25, 0.3) is 11.4 Å². The summed E-state index contributed by atoms with van der Waals surface area (Å²) in [5, 5.41) is 7.42. The number of nitrogens with one attached hydrogen (secondary N) is 1. The highest BCUT2D eigenvalue weighted by Gasteiger charge is 2.10. The second kappa shape index (κ2) is 7.78. The van der Waals surface area contributed by atoms with Gasteiger partial charge in [0.05, 0.1) is 0 Å². The molecule has 1 N–H and O–H groups in total. The Hall–Kier alpha value is -1.88. The van der Waals surface area contributed by atoms with Gasteiger partial charge in [0.1, 0.15) is 0 Å². The van der Waals surface area contributed by atoms with Crippen LogP contribution in [0.3, 0.4) is 0 Å². The predicted molar refractivity (Wildman–Crippen MR) is 81.0 cm³/mol. The Morgan fingerprint density at radius 2 is 2.10 bits per heavy atom. The van der Waals surface area contributed by atoms with Crippen molar-refractivity contribution in [1.29, 1.82) is 0 Å². The molecule has 0 saturated heterocycles. The van der Waals surface area contributed by atoms with Crippen molar-refractivity contribution >= 4 is 17.5 Å². The van der Waals surface area contributed by atoms with E-state index in [4.69, 9.17) is 16.1 Å². The number of benzene rings is 1. The number of hydrogen-bond acceptors (Lipinski definition) is 4. The van der Waals surface area contributed by atoms with Crippen molar-refractivity contribution in [2.75, 3.05) is 6.54 Å². The summed E-state index contributed by atoms with van der Waals surface area (Å²) in [6.45, 7) is 2.80. The summed E-state index contributed by atoms with van der Waals surface area (Å²) in [6.07, 6.45) is 2.85. The summed E-state index contributed by atoms with van der Waals surface area (Å²) in [7, 11) is 0. The van der Waals surface area contributed by atoms with Gasteiger partial charge in [-0.1, -0.05) is 30.1 Å². The molecule has 6 heteroatoms. The van der Waals surface area contributed by atoms with E-state index in [-0.39, 0.29) is 5.91 Å². The summed E-state index contributed by atoms with van der Waals surface area (Å²) in [5.41, 5.74) is 0.835. The van der Waals surface area contributed by atoms with E-state index in [0.717, 1.165) is 24.9 Å². The lowest BCUT2D eigenvalue weighted by Crippen LogP contribution is -2.24. The van der Waals surface area contributed by atoms with Crippen LogP contribution >= 0.6 is 11.6 Å². The number of nitrogens with zero attached hydrogens (tertiary/aromatic N) is 2. The predicted octanol–water partition coefficient (Wildman–Crippen LogP) is 3.24. The zero-order chi connectivity index (χ0) is 15.1. The van der Waals surface area contributed by atoms with E-state index in [1.807, 2.05) is 12.1 Å². The molecule has 2 rings (SSSR count). The smallest absolute Gasteiger partial charge is 0.227 e. The van der Waals surface area contributed by atoms with Crippen molar-refractivity contribution in [2.45, 2.75) is 32.6 Å². The van der Waals surface area contributed by atoms with E-state index in [1.165, 1.54) is 0 Å². The van der Waals surface area contributed by atoms with Gasteiger partial charge in [0, 0.05) is 30.0 Å². The third-order valence-corrected chi connectivity index (χ3v) is 3.24. The lowest BCUT2D eigenvalue weighted by atomic mass is 10.2. The van der Waals surface area contributed by atoms with Crippen molar-refractivity contribution in [3.05, 3.63) is 35.2 Å². The van der Waals surface area contributed by atoms with Crippen molar-refractivity contribution in [2.24, 2.45) is 0 Å².